The molecule has 1 heterocycles. The molecule has 2 aromatic carbocycles. The molecule has 26 heavy (non-hydrogen) atoms. The van der Waals surface area contributed by atoms with Crippen molar-refractivity contribution in [2.75, 3.05) is 5.32 Å². The minimum Gasteiger partial charge on any atom is -0.365 e. The Morgan fingerprint density at radius 1 is 1.35 bits per heavy atom. The van der Waals surface area contributed by atoms with E-state index in [9.17, 15) is 13.4 Å². The van der Waals surface area contributed by atoms with Crippen molar-refractivity contribution < 1.29 is 17.9 Å². The Bertz CT molecular complexity index is 1050. The number of hydrogen-bond donors (Lipinski definition) is 3. The molecular formula is C17H13ClFN3O3S. The lowest BCUT2D eigenvalue weighted by Gasteiger charge is -2.15. The van der Waals surface area contributed by atoms with E-state index in [0.29, 0.717) is 27.8 Å². The monoisotopic (exact) mass is 393 g/mol. The van der Waals surface area contributed by atoms with Gasteiger partial charge < -0.3 is 15.6 Å². The third kappa shape index (κ3) is 3.82. The molecular weight excluding hydrogens is 381 g/mol. The van der Waals surface area contributed by atoms with Crippen LogP contribution in [0.1, 0.15) is 15.9 Å². The summed E-state index contributed by atoms with van der Waals surface area (Å²) in [4.78, 5) is 16.0. The highest BCUT2D eigenvalue weighted by molar-refractivity contribution is 7.78. The number of carbonyl (C=O) groups is 1. The molecule has 134 valence electrons. The first kappa shape index (κ1) is 18.2. The lowest BCUT2D eigenvalue weighted by Crippen LogP contribution is -2.14. The van der Waals surface area contributed by atoms with E-state index in [1.807, 2.05) is 0 Å². The van der Waals surface area contributed by atoms with Crippen LogP contribution < -0.4 is 11.1 Å². The summed E-state index contributed by atoms with van der Waals surface area (Å²) < 4.78 is 33.7. The molecule has 4 N–H and O–H groups in total. The Morgan fingerprint density at radius 3 is 2.77 bits per heavy atom. The van der Waals surface area contributed by atoms with Crippen molar-refractivity contribution in [3.05, 3.63) is 64.6 Å². The van der Waals surface area contributed by atoms with Crippen LogP contribution in [0.15, 0.2) is 42.6 Å². The number of anilines is 2. The SMILES string of the molecule is NC(=O)c1cnc2c(Cl)cc(CS(=O)O)cc2c1Nc1cccc(F)c1. The predicted molar refractivity (Wildman–Crippen MR) is 99.4 cm³/mol. The second-order valence-corrected chi connectivity index (χ2v) is 6.82. The first-order valence-electron chi connectivity index (χ1n) is 7.36. The maximum absolute atomic E-state index is 13.5. The molecule has 0 fully saturated rings. The van der Waals surface area contributed by atoms with E-state index in [4.69, 9.17) is 21.9 Å². The highest BCUT2D eigenvalue weighted by Crippen LogP contribution is 2.34. The molecule has 9 heteroatoms. The van der Waals surface area contributed by atoms with Crippen LogP contribution in [0.3, 0.4) is 0 Å². The molecule has 0 aliphatic heterocycles. The van der Waals surface area contributed by atoms with E-state index in [2.05, 4.69) is 10.3 Å². The smallest absolute Gasteiger partial charge is 0.252 e. The zero-order valence-electron chi connectivity index (χ0n) is 13.2. The van der Waals surface area contributed by atoms with Gasteiger partial charge in [0.1, 0.15) is 5.82 Å². The Morgan fingerprint density at radius 2 is 2.12 bits per heavy atom. The summed E-state index contributed by atoms with van der Waals surface area (Å²) in [6.45, 7) is 0. The summed E-state index contributed by atoms with van der Waals surface area (Å²) in [6.07, 6.45) is 1.28. The predicted octanol–water partition coefficient (Wildman–Crippen LogP) is 3.59. The third-order valence-electron chi connectivity index (χ3n) is 3.63. The number of amides is 1. The summed E-state index contributed by atoms with van der Waals surface area (Å²) in [5, 5.41) is 3.65. The largest absolute Gasteiger partial charge is 0.365 e. The van der Waals surface area contributed by atoms with Gasteiger partial charge in [-0.3, -0.25) is 9.78 Å². The number of benzene rings is 2. The molecule has 0 radical (unpaired) electrons. The van der Waals surface area contributed by atoms with Crippen LogP contribution in [0.5, 0.6) is 0 Å². The number of nitrogens with one attached hydrogen (secondary N) is 1. The number of pyridine rings is 1. The number of hydrogen-bond acceptors (Lipinski definition) is 4. The van der Waals surface area contributed by atoms with Gasteiger partial charge in [-0.2, -0.15) is 0 Å². The number of fused-ring (bicyclic) bond motifs is 1. The number of primary amides is 1. The van der Waals surface area contributed by atoms with Crippen LogP contribution in [0, 0.1) is 5.82 Å². The molecule has 1 aromatic heterocycles. The standard InChI is InChI=1S/C17H13ClFN3O3S/c18-14-5-9(8-26(24)25)4-12-15(13(17(20)23)7-21-16(12)14)22-11-3-1-2-10(19)6-11/h1-7H,8H2,(H2,20,23)(H,21,22)(H,24,25). The molecule has 0 saturated heterocycles. The van der Waals surface area contributed by atoms with Crippen LogP contribution >= 0.6 is 11.6 Å². The second kappa shape index (κ2) is 7.36. The average Bonchev–Trinajstić information content (AvgIpc) is 2.54. The van der Waals surface area contributed by atoms with E-state index < -0.39 is 22.8 Å². The summed E-state index contributed by atoms with van der Waals surface area (Å²) >= 11 is 4.16. The Kier molecular flexibility index (Phi) is 5.17. The summed E-state index contributed by atoms with van der Waals surface area (Å²) in [5.74, 6) is -1.33. The fourth-order valence-electron chi connectivity index (χ4n) is 2.57. The van der Waals surface area contributed by atoms with E-state index in [0.717, 1.165) is 0 Å². The van der Waals surface area contributed by atoms with Crippen LogP contribution in [0.2, 0.25) is 5.02 Å². The van der Waals surface area contributed by atoms with Gasteiger partial charge in [-0.05, 0) is 35.9 Å². The quantitative estimate of drug-likeness (QED) is 0.574. The summed E-state index contributed by atoms with van der Waals surface area (Å²) in [5.41, 5.74) is 7.06. The Balaban J connectivity index is 2.24. The highest BCUT2D eigenvalue weighted by Gasteiger charge is 2.17. The van der Waals surface area contributed by atoms with E-state index in [-0.39, 0.29) is 16.3 Å². The molecule has 0 spiro atoms. The Labute approximate surface area is 155 Å². The second-order valence-electron chi connectivity index (χ2n) is 5.49. The van der Waals surface area contributed by atoms with Crippen LogP contribution in [-0.4, -0.2) is 19.7 Å². The zero-order valence-corrected chi connectivity index (χ0v) is 14.8. The van der Waals surface area contributed by atoms with Gasteiger partial charge in [0, 0.05) is 17.3 Å². The van der Waals surface area contributed by atoms with Gasteiger partial charge in [-0.15, -0.1) is 0 Å². The number of aromatic nitrogens is 1. The van der Waals surface area contributed by atoms with E-state index >= 15 is 0 Å². The fraction of sp³-hybridized carbons (Fsp3) is 0.0588. The molecule has 0 bridgehead atoms. The van der Waals surface area contributed by atoms with Gasteiger partial charge in [0.15, 0.2) is 11.1 Å². The molecule has 0 aliphatic rings. The van der Waals surface area contributed by atoms with Gasteiger partial charge >= 0.3 is 0 Å². The number of halogens is 2. The van der Waals surface area contributed by atoms with Crippen LogP contribution in [0.4, 0.5) is 15.8 Å². The van der Waals surface area contributed by atoms with Crippen molar-refractivity contribution in [2.24, 2.45) is 5.73 Å². The zero-order chi connectivity index (χ0) is 18.8. The highest BCUT2D eigenvalue weighted by atomic mass is 35.5. The number of carbonyl (C=O) groups excluding carboxylic acids is 1. The lowest BCUT2D eigenvalue weighted by molar-refractivity contribution is 0.100. The number of nitrogens with zero attached hydrogens (tertiary/aromatic N) is 1. The molecule has 1 atom stereocenters. The van der Waals surface area contributed by atoms with Crippen LogP contribution in [0.25, 0.3) is 10.9 Å². The van der Waals surface area contributed by atoms with Gasteiger partial charge in [0.25, 0.3) is 5.91 Å². The average molecular weight is 394 g/mol. The minimum atomic E-state index is -2.07. The van der Waals surface area contributed by atoms with Crippen molar-refractivity contribution in [2.45, 2.75) is 5.75 Å². The van der Waals surface area contributed by atoms with Gasteiger partial charge in [0.05, 0.1) is 27.5 Å². The molecule has 0 saturated carbocycles. The first-order valence-corrected chi connectivity index (χ1v) is 9.01. The van der Waals surface area contributed by atoms with Crippen molar-refractivity contribution in [3.8, 4) is 0 Å². The van der Waals surface area contributed by atoms with Crippen molar-refractivity contribution in [3.63, 3.8) is 0 Å². The summed E-state index contributed by atoms with van der Waals surface area (Å²) in [7, 11) is 0. The van der Waals surface area contributed by atoms with Gasteiger partial charge in [-0.25, -0.2) is 8.60 Å². The van der Waals surface area contributed by atoms with Crippen molar-refractivity contribution in [1.29, 1.82) is 0 Å². The van der Waals surface area contributed by atoms with Crippen molar-refractivity contribution in [1.82, 2.24) is 4.98 Å². The maximum Gasteiger partial charge on any atom is 0.252 e. The van der Waals surface area contributed by atoms with Gasteiger partial charge in [-0.1, -0.05) is 17.7 Å². The fourth-order valence-corrected chi connectivity index (χ4v) is 3.32. The maximum atomic E-state index is 13.5. The van der Waals surface area contributed by atoms with Gasteiger partial charge in [0.2, 0.25) is 0 Å². The molecule has 0 aliphatic carbocycles. The molecule has 3 aromatic rings. The van der Waals surface area contributed by atoms with Crippen molar-refractivity contribution >= 4 is 50.9 Å². The van der Waals surface area contributed by atoms with E-state index in [1.54, 1.807) is 12.1 Å². The first-order chi connectivity index (χ1) is 12.3. The lowest BCUT2D eigenvalue weighted by atomic mass is 10.1. The van der Waals surface area contributed by atoms with Crippen LogP contribution in [-0.2, 0) is 16.8 Å². The normalized spacial score (nSPS) is 12.1. The number of rotatable bonds is 5. The molecule has 6 nitrogen and oxygen atoms in total. The molecule has 3 rings (SSSR count). The molecule has 1 unspecified atom stereocenters. The minimum absolute atomic E-state index is 0.0834. The number of nitrogens with two attached hydrogens (primary N) is 1. The Hall–Kier alpha value is -2.55. The van der Waals surface area contributed by atoms with E-state index in [1.165, 1.54) is 30.5 Å². The summed E-state index contributed by atoms with van der Waals surface area (Å²) in [6, 6.07) is 8.80. The third-order valence-corrected chi connectivity index (χ3v) is 4.50. The molecule has 1 amide bonds. The topological polar surface area (TPSA) is 105 Å².